The molecule has 0 spiro atoms. The first-order valence-corrected chi connectivity index (χ1v) is 7.16. The molecule has 1 aromatic rings. The summed E-state index contributed by atoms with van der Waals surface area (Å²) in [5.41, 5.74) is 1.09. The molecule has 100 valence electrons. The van der Waals surface area contributed by atoms with Crippen molar-refractivity contribution in [1.29, 1.82) is 0 Å². The van der Waals surface area contributed by atoms with Crippen LogP contribution in [-0.4, -0.2) is 18.1 Å². The second kappa shape index (κ2) is 9.11. The van der Waals surface area contributed by atoms with Crippen molar-refractivity contribution in [3.63, 3.8) is 0 Å². The Morgan fingerprint density at radius 2 is 2.39 bits per heavy atom. The van der Waals surface area contributed by atoms with Gasteiger partial charge in [-0.1, -0.05) is 13.0 Å². The number of hydrogen-bond donors (Lipinski definition) is 1. The molecule has 0 atom stereocenters. The highest BCUT2D eigenvalue weighted by Gasteiger charge is 2.06. The zero-order valence-corrected chi connectivity index (χ0v) is 12.5. The van der Waals surface area contributed by atoms with Crippen LogP contribution in [0, 0.1) is 0 Å². The molecular formula is C14H21BrN2O. The van der Waals surface area contributed by atoms with Crippen LogP contribution in [0.2, 0.25) is 0 Å². The smallest absolute Gasteiger partial charge is 0.217 e. The summed E-state index contributed by atoms with van der Waals surface area (Å²) in [6.45, 7) is 8.32. The Hall–Kier alpha value is -0.870. The first-order chi connectivity index (χ1) is 8.77. The van der Waals surface area contributed by atoms with Crippen molar-refractivity contribution in [2.45, 2.75) is 32.7 Å². The molecule has 0 amide bonds. The fourth-order valence-corrected chi connectivity index (χ4v) is 1.90. The summed E-state index contributed by atoms with van der Waals surface area (Å²) in [7, 11) is 0. The highest BCUT2D eigenvalue weighted by atomic mass is 79.9. The van der Waals surface area contributed by atoms with Gasteiger partial charge in [0.1, 0.15) is 0 Å². The van der Waals surface area contributed by atoms with E-state index in [0.29, 0.717) is 6.61 Å². The van der Waals surface area contributed by atoms with Gasteiger partial charge in [-0.05, 0) is 47.8 Å². The minimum atomic E-state index is 0.682. The molecule has 1 heterocycles. The van der Waals surface area contributed by atoms with E-state index in [0.717, 1.165) is 48.3 Å². The Labute approximate surface area is 118 Å². The molecule has 0 bridgehead atoms. The van der Waals surface area contributed by atoms with Gasteiger partial charge < -0.3 is 10.1 Å². The standard InChI is InChI=1S/C14H21BrN2O/c1-3-5-6-8-18-14-12(10-16-7-4-2)9-13(15)11-17-14/h3,9,11,16H,1,4-8,10H2,2H3. The van der Waals surface area contributed by atoms with Gasteiger partial charge in [0.25, 0.3) is 0 Å². The fourth-order valence-electron chi connectivity index (χ4n) is 1.52. The number of unbranched alkanes of at least 4 members (excludes halogenated alkanes) is 1. The van der Waals surface area contributed by atoms with Gasteiger partial charge in [-0.3, -0.25) is 0 Å². The van der Waals surface area contributed by atoms with Crippen molar-refractivity contribution in [3.05, 3.63) is 35.0 Å². The molecule has 4 heteroatoms. The van der Waals surface area contributed by atoms with Crippen molar-refractivity contribution >= 4 is 15.9 Å². The van der Waals surface area contributed by atoms with Crippen LogP contribution in [0.5, 0.6) is 5.88 Å². The zero-order valence-electron chi connectivity index (χ0n) is 10.9. The van der Waals surface area contributed by atoms with E-state index in [2.05, 4.69) is 45.8 Å². The number of nitrogens with zero attached hydrogens (tertiary/aromatic N) is 1. The fraction of sp³-hybridized carbons (Fsp3) is 0.500. The van der Waals surface area contributed by atoms with Crippen LogP contribution in [-0.2, 0) is 6.54 Å². The monoisotopic (exact) mass is 312 g/mol. The summed E-state index contributed by atoms with van der Waals surface area (Å²) in [5.74, 6) is 0.728. The van der Waals surface area contributed by atoms with E-state index >= 15 is 0 Å². The number of halogens is 1. The molecule has 0 fully saturated rings. The number of rotatable bonds is 9. The SMILES string of the molecule is C=CCCCOc1ncc(Br)cc1CNCCC. The van der Waals surface area contributed by atoms with Gasteiger partial charge in [0, 0.05) is 22.8 Å². The third kappa shape index (κ3) is 5.65. The van der Waals surface area contributed by atoms with Crippen molar-refractivity contribution in [2.24, 2.45) is 0 Å². The zero-order chi connectivity index (χ0) is 13.2. The molecule has 0 saturated heterocycles. The number of pyridine rings is 1. The third-order valence-corrected chi connectivity index (χ3v) is 2.86. The average Bonchev–Trinajstić information content (AvgIpc) is 2.37. The van der Waals surface area contributed by atoms with Gasteiger partial charge in [0.05, 0.1) is 6.61 Å². The predicted octanol–water partition coefficient (Wildman–Crippen LogP) is 3.69. The highest BCUT2D eigenvalue weighted by Crippen LogP contribution is 2.20. The van der Waals surface area contributed by atoms with E-state index in [1.807, 2.05) is 6.08 Å². The van der Waals surface area contributed by atoms with Crippen LogP contribution in [0.4, 0.5) is 0 Å². The topological polar surface area (TPSA) is 34.1 Å². The molecule has 0 unspecified atom stereocenters. The van der Waals surface area contributed by atoms with Crippen molar-refractivity contribution in [2.75, 3.05) is 13.2 Å². The molecular weight excluding hydrogens is 292 g/mol. The van der Waals surface area contributed by atoms with Crippen LogP contribution >= 0.6 is 15.9 Å². The highest BCUT2D eigenvalue weighted by molar-refractivity contribution is 9.10. The van der Waals surface area contributed by atoms with Crippen LogP contribution in [0.25, 0.3) is 0 Å². The molecule has 0 aromatic carbocycles. The summed E-state index contributed by atoms with van der Waals surface area (Å²) in [5, 5.41) is 3.36. The molecule has 1 aromatic heterocycles. The lowest BCUT2D eigenvalue weighted by Gasteiger charge is -2.11. The summed E-state index contributed by atoms with van der Waals surface area (Å²) in [4.78, 5) is 4.32. The van der Waals surface area contributed by atoms with Crippen molar-refractivity contribution < 1.29 is 4.74 Å². The third-order valence-electron chi connectivity index (χ3n) is 2.43. The van der Waals surface area contributed by atoms with E-state index in [-0.39, 0.29) is 0 Å². The normalized spacial score (nSPS) is 10.3. The van der Waals surface area contributed by atoms with Crippen LogP contribution in [0.1, 0.15) is 31.7 Å². The molecule has 1 N–H and O–H groups in total. The number of nitrogens with one attached hydrogen (secondary N) is 1. The molecule has 0 radical (unpaired) electrons. The van der Waals surface area contributed by atoms with E-state index in [1.54, 1.807) is 6.20 Å². The Bertz CT molecular complexity index is 369. The molecule has 0 saturated carbocycles. The lowest BCUT2D eigenvalue weighted by atomic mass is 10.2. The van der Waals surface area contributed by atoms with Crippen LogP contribution in [0.3, 0.4) is 0 Å². The maximum absolute atomic E-state index is 5.71. The molecule has 1 rings (SSSR count). The lowest BCUT2D eigenvalue weighted by Crippen LogP contribution is -2.15. The largest absolute Gasteiger partial charge is 0.477 e. The van der Waals surface area contributed by atoms with E-state index in [1.165, 1.54) is 0 Å². The Kier molecular flexibility index (Phi) is 7.69. The maximum atomic E-state index is 5.71. The minimum Gasteiger partial charge on any atom is -0.477 e. The molecule has 0 aliphatic rings. The van der Waals surface area contributed by atoms with Gasteiger partial charge in [-0.15, -0.1) is 6.58 Å². The van der Waals surface area contributed by atoms with Gasteiger partial charge in [-0.25, -0.2) is 4.98 Å². The first kappa shape index (κ1) is 15.2. The average molecular weight is 313 g/mol. The van der Waals surface area contributed by atoms with Gasteiger partial charge in [0.15, 0.2) is 0 Å². The summed E-state index contributed by atoms with van der Waals surface area (Å²) < 4.78 is 6.69. The summed E-state index contributed by atoms with van der Waals surface area (Å²) in [6.07, 6.45) is 6.74. The van der Waals surface area contributed by atoms with E-state index in [4.69, 9.17) is 4.74 Å². The molecule has 0 aliphatic heterocycles. The molecule has 3 nitrogen and oxygen atoms in total. The van der Waals surface area contributed by atoms with E-state index < -0.39 is 0 Å². The van der Waals surface area contributed by atoms with Gasteiger partial charge >= 0.3 is 0 Å². The Morgan fingerprint density at radius 1 is 1.56 bits per heavy atom. The number of hydrogen-bond acceptors (Lipinski definition) is 3. The number of ether oxygens (including phenoxy) is 1. The predicted molar refractivity (Wildman–Crippen MR) is 78.9 cm³/mol. The Balaban J connectivity index is 2.55. The first-order valence-electron chi connectivity index (χ1n) is 6.36. The molecule has 18 heavy (non-hydrogen) atoms. The van der Waals surface area contributed by atoms with Gasteiger partial charge in [0.2, 0.25) is 5.88 Å². The summed E-state index contributed by atoms with van der Waals surface area (Å²) in [6, 6.07) is 2.05. The van der Waals surface area contributed by atoms with Crippen LogP contribution < -0.4 is 10.1 Å². The second-order valence-electron chi connectivity index (χ2n) is 4.07. The quantitative estimate of drug-likeness (QED) is 0.558. The second-order valence-corrected chi connectivity index (χ2v) is 4.99. The summed E-state index contributed by atoms with van der Waals surface area (Å²) >= 11 is 3.44. The maximum Gasteiger partial charge on any atom is 0.217 e. The lowest BCUT2D eigenvalue weighted by molar-refractivity contribution is 0.296. The Morgan fingerprint density at radius 3 is 3.11 bits per heavy atom. The van der Waals surface area contributed by atoms with Crippen LogP contribution in [0.15, 0.2) is 29.4 Å². The minimum absolute atomic E-state index is 0.682. The number of allylic oxidation sites excluding steroid dienone is 1. The molecule has 0 aliphatic carbocycles. The number of aromatic nitrogens is 1. The van der Waals surface area contributed by atoms with Crippen molar-refractivity contribution in [3.8, 4) is 5.88 Å². The van der Waals surface area contributed by atoms with Crippen molar-refractivity contribution in [1.82, 2.24) is 10.3 Å². The van der Waals surface area contributed by atoms with E-state index in [9.17, 15) is 0 Å². The van der Waals surface area contributed by atoms with Gasteiger partial charge in [-0.2, -0.15) is 0 Å².